The van der Waals surface area contributed by atoms with Crippen LogP contribution in [-0.4, -0.2) is 38.8 Å². The van der Waals surface area contributed by atoms with Gasteiger partial charge in [-0.2, -0.15) is 10.2 Å². The molecule has 1 aromatic heterocycles. The number of aromatic nitrogens is 2. The quantitative estimate of drug-likeness (QED) is 0.280. The number of ether oxygens (including phenoxy) is 2. The van der Waals surface area contributed by atoms with Crippen LogP contribution in [0.5, 0.6) is 17.2 Å². The number of amides is 1. The molecular formula is C20H18N6O7. The fourth-order valence-corrected chi connectivity index (χ4v) is 2.68. The van der Waals surface area contributed by atoms with E-state index in [2.05, 4.69) is 20.7 Å². The summed E-state index contributed by atoms with van der Waals surface area (Å²) in [6, 6.07) is 9.28. The van der Waals surface area contributed by atoms with Gasteiger partial charge >= 0.3 is 5.69 Å². The molecule has 0 aliphatic carbocycles. The first-order valence-corrected chi connectivity index (χ1v) is 9.51. The Morgan fingerprint density at radius 1 is 1.12 bits per heavy atom. The highest BCUT2D eigenvalue weighted by Crippen LogP contribution is 2.38. The third-order valence-corrected chi connectivity index (χ3v) is 4.16. The number of benzene rings is 2. The second-order valence-electron chi connectivity index (χ2n) is 6.54. The average Bonchev–Trinajstić information content (AvgIpc) is 3.22. The number of nitrogens with one attached hydrogen (secondary N) is 2. The molecule has 13 heteroatoms. The highest BCUT2D eigenvalue weighted by atomic mass is 16.6. The topological polar surface area (TPSA) is 175 Å². The summed E-state index contributed by atoms with van der Waals surface area (Å²) in [6.45, 7) is 3.77. The summed E-state index contributed by atoms with van der Waals surface area (Å²) >= 11 is 0. The van der Waals surface area contributed by atoms with E-state index < -0.39 is 27.1 Å². The van der Waals surface area contributed by atoms with E-state index in [-0.39, 0.29) is 29.5 Å². The molecule has 1 heterocycles. The maximum Gasteiger partial charge on any atom is 0.318 e. The number of H-pyrrole nitrogens is 1. The van der Waals surface area contributed by atoms with E-state index in [1.165, 1.54) is 12.3 Å². The lowest BCUT2D eigenvalue weighted by Gasteiger charge is -2.12. The zero-order valence-corrected chi connectivity index (χ0v) is 17.5. The minimum Gasteiger partial charge on any atom is -0.490 e. The smallest absolute Gasteiger partial charge is 0.318 e. The van der Waals surface area contributed by atoms with Gasteiger partial charge in [-0.1, -0.05) is 0 Å². The second kappa shape index (κ2) is 10.00. The van der Waals surface area contributed by atoms with Crippen LogP contribution >= 0.6 is 0 Å². The molecule has 0 saturated carbocycles. The third kappa shape index (κ3) is 5.66. The van der Waals surface area contributed by atoms with Crippen molar-refractivity contribution in [3.63, 3.8) is 0 Å². The molecule has 3 rings (SSSR count). The molecule has 33 heavy (non-hydrogen) atoms. The van der Waals surface area contributed by atoms with Crippen molar-refractivity contribution in [1.82, 2.24) is 15.6 Å². The molecule has 3 aromatic rings. The predicted molar refractivity (Wildman–Crippen MR) is 116 cm³/mol. The molecule has 0 fully saturated rings. The van der Waals surface area contributed by atoms with Crippen LogP contribution in [0.3, 0.4) is 0 Å². The number of hydrogen-bond donors (Lipinski definition) is 2. The Bertz CT molecular complexity index is 1240. The Kier molecular flexibility index (Phi) is 6.93. The Balaban J connectivity index is 1.81. The number of hydrogen-bond acceptors (Lipinski definition) is 9. The summed E-state index contributed by atoms with van der Waals surface area (Å²) in [5.74, 6) is -0.272. The number of nitro benzene ring substituents is 2. The highest BCUT2D eigenvalue weighted by Gasteiger charge is 2.22. The van der Waals surface area contributed by atoms with Crippen LogP contribution in [0, 0.1) is 27.2 Å². The van der Waals surface area contributed by atoms with Gasteiger partial charge in [0.25, 0.3) is 11.6 Å². The molecule has 1 amide bonds. The normalized spacial score (nSPS) is 10.7. The summed E-state index contributed by atoms with van der Waals surface area (Å²) in [5.41, 5.74) is 2.82. The molecule has 0 bridgehead atoms. The molecule has 0 saturated heterocycles. The van der Waals surface area contributed by atoms with E-state index in [0.717, 1.165) is 23.9 Å². The summed E-state index contributed by atoms with van der Waals surface area (Å²) < 4.78 is 11.2. The molecule has 2 aromatic carbocycles. The average molecular weight is 454 g/mol. The van der Waals surface area contributed by atoms with Crippen LogP contribution in [0.4, 0.5) is 11.4 Å². The molecule has 0 spiro atoms. The lowest BCUT2D eigenvalue weighted by Crippen LogP contribution is -2.18. The lowest BCUT2D eigenvalue weighted by atomic mass is 10.2. The van der Waals surface area contributed by atoms with Crippen molar-refractivity contribution in [3.05, 3.63) is 79.6 Å². The van der Waals surface area contributed by atoms with Crippen LogP contribution in [0.15, 0.2) is 47.6 Å². The fourth-order valence-electron chi connectivity index (χ4n) is 2.68. The van der Waals surface area contributed by atoms with Gasteiger partial charge in [0.2, 0.25) is 5.75 Å². The second-order valence-corrected chi connectivity index (χ2v) is 6.54. The number of nitrogens with zero attached hydrogens (tertiary/aromatic N) is 4. The number of aromatic amines is 1. The molecule has 0 atom stereocenters. The number of hydrazone groups is 1. The number of nitro groups is 2. The fraction of sp³-hybridized carbons (Fsp3) is 0.150. The Labute approximate surface area is 186 Å². The number of carbonyl (C=O) groups is 1. The van der Waals surface area contributed by atoms with E-state index >= 15 is 0 Å². The number of rotatable bonds is 9. The van der Waals surface area contributed by atoms with E-state index in [0.29, 0.717) is 5.56 Å². The van der Waals surface area contributed by atoms with Crippen molar-refractivity contribution >= 4 is 23.5 Å². The van der Waals surface area contributed by atoms with Gasteiger partial charge in [-0.25, -0.2) is 5.43 Å². The summed E-state index contributed by atoms with van der Waals surface area (Å²) in [6.07, 6.45) is 1.37. The highest BCUT2D eigenvalue weighted by molar-refractivity contribution is 5.93. The summed E-state index contributed by atoms with van der Waals surface area (Å²) in [5, 5.41) is 32.6. The van der Waals surface area contributed by atoms with Crippen molar-refractivity contribution in [1.29, 1.82) is 0 Å². The van der Waals surface area contributed by atoms with Crippen molar-refractivity contribution in [2.24, 2.45) is 5.10 Å². The first-order chi connectivity index (χ1) is 15.8. The van der Waals surface area contributed by atoms with Crippen LogP contribution in [0.25, 0.3) is 0 Å². The maximum atomic E-state index is 12.0. The molecule has 170 valence electrons. The van der Waals surface area contributed by atoms with Gasteiger partial charge in [-0.3, -0.25) is 30.1 Å². The molecular weight excluding hydrogens is 436 g/mol. The maximum absolute atomic E-state index is 12.0. The zero-order chi connectivity index (χ0) is 24.0. The Morgan fingerprint density at radius 3 is 2.52 bits per heavy atom. The van der Waals surface area contributed by atoms with Gasteiger partial charge in [0.1, 0.15) is 0 Å². The SMILES string of the molecule is CCOc1cc(/C=N/NC(=O)c2cc(C)[nH]n2)ccc1Oc1ccc([N+](=O)[O-])cc1[N+](=O)[O-]. The van der Waals surface area contributed by atoms with E-state index in [9.17, 15) is 25.0 Å². The number of aryl methyl sites for hydroxylation is 1. The van der Waals surface area contributed by atoms with Crippen molar-refractivity contribution < 1.29 is 24.1 Å². The zero-order valence-electron chi connectivity index (χ0n) is 17.5. The van der Waals surface area contributed by atoms with Crippen molar-refractivity contribution in [3.8, 4) is 17.2 Å². The minimum atomic E-state index is -0.771. The van der Waals surface area contributed by atoms with Crippen LogP contribution in [0.2, 0.25) is 0 Å². The number of carbonyl (C=O) groups excluding carboxylic acids is 1. The predicted octanol–water partition coefficient (Wildman–Crippen LogP) is 3.49. The minimum absolute atomic E-state index is 0.155. The lowest BCUT2D eigenvalue weighted by molar-refractivity contribution is -0.394. The molecule has 13 nitrogen and oxygen atoms in total. The van der Waals surface area contributed by atoms with Crippen LogP contribution in [0.1, 0.15) is 28.7 Å². The first kappa shape index (κ1) is 22.9. The molecule has 0 aliphatic rings. The van der Waals surface area contributed by atoms with Gasteiger partial charge in [0.05, 0.1) is 28.7 Å². The number of non-ortho nitro benzene ring substituents is 1. The largest absolute Gasteiger partial charge is 0.490 e. The van der Waals surface area contributed by atoms with Crippen molar-refractivity contribution in [2.75, 3.05) is 6.61 Å². The Hall–Kier alpha value is -4.81. The van der Waals surface area contributed by atoms with Gasteiger partial charge < -0.3 is 9.47 Å². The Morgan fingerprint density at radius 2 is 1.88 bits per heavy atom. The monoisotopic (exact) mass is 454 g/mol. The summed E-state index contributed by atoms with van der Waals surface area (Å²) in [7, 11) is 0. The summed E-state index contributed by atoms with van der Waals surface area (Å²) in [4.78, 5) is 32.7. The molecule has 2 N–H and O–H groups in total. The van der Waals surface area contributed by atoms with E-state index in [4.69, 9.17) is 9.47 Å². The van der Waals surface area contributed by atoms with Gasteiger partial charge in [-0.05, 0) is 49.7 Å². The van der Waals surface area contributed by atoms with Crippen LogP contribution < -0.4 is 14.9 Å². The van der Waals surface area contributed by atoms with Gasteiger partial charge in [0, 0.05) is 11.8 Å². The molecule has 0 aliphatic heterocycles. The van der Waals surface area contributed by atoms with Crippen LogP contribution in [-0.2, 0) is 0 Å². The first-order valence-electron chi connectivity index (χ1n) is 9.51. The van der Waals surface area contributed by atoms with Gasteiger partial charge in [-0.15, -0.1) is 0 Å². The van der Waals surface area contributed by atoms with Gasteiger partial charge in [0.15, 0.2) is 17.2 Å². The van der Waals surface area contributed by atoms with E-state index in [1.54, 1.807) is 32.0 Å². The van der Waals surface area contributed by atoms with E-state index in [1.807, 2.05) is 0 Å². The third-order valence-electron chi connectivity index (χ3n) is 4.16. The standard InChI is InChI=1S/C20H18N6O7/c1-3-32-19-9-13(11-21-24-20(27)15-8-12(2)22-23-15)4-6-18(19)33-17-7-5-14(25(28)29)10-16(17)26(30)31/h4-11H,3H2,1-2H3,(H,22,23)(H,24,27)/b21-11+. The molecule has 0 unspecified atom stereocenters. The molecule has 0 radical (unpaired) electrons. The van der Waals surface area contributed by atoms with Crippen molar-refractivity contribution in [2.45, 2.75) is 13.8 Å².